The van der Waals surface area contributed by atoms with Gasteiger partial charge in [0.25, 0.3) is 5.91 Å². The van der Waals surface area contributed by atoms with Gasteiger partial charge in [-0.05, 0) is 75.9 Å². The highest BCUT2D eigenvalue weighted by Crippen LogP contribution is 2.28. The number of hydrogen-bond donors (Lipinski definition) is 3. The molecule has 2 aliphatic rings. The molecule has 0 aromatic rings. The van der Waals surface area contributed by atoms with Crippen LogP contribution in [-0.4, -0.2) is 37.1 Å². The van der Waals surface area contributed by atoms with Gasteiger partial charge in [-0.25, -0.2) is 4.79 Å². The van der Waals surface area contributed by atoms with Crippen molar-refractivity contribution in [1.82, 2.24) is 16.0 Å². The summed E-state index contributed by atoms with van der Waals surface area (Å²) in [5.74, 6) is 0.762. The van der Waals surface area contributed by atoms with Gasteiger partial charge in [0, 0.05) is 30.8 Å². The van der Waals surface area contributed by atoms with Gasteiger partial charge in [0.15, 0.2) is 0 Å². The lowest BCUT2D eigenvalue weighted by atomic mass is 9.83. The van der Waals surface area contributed by atoms with E-state index in [0.29, 0.717) is 37.0 Å². The van der Waals surface area contributed by atoms with Crippen molar-refractivity contribution in [1.29, 1.82) is 0 Å². The van der Waals surface area contributed by atoms with Crippen LogP contribution in [0, 0.1) is 11.8 Å². The van der Waals surface area contributed by atoms with Crippen molar-refractivity contribution in [3.05, 3.63) is 36.6 Å². The van der Waals surface area contributed by atoms with Gasteiger partial charge >= 0.3 is 12.0 Å². The number of urea groups is 1. The summed E-state index contributed by atoms with van der Waals surface area (Å²) in [5.41, 5.74) is 0.446. The second-order valence-corrected chi connectivity index (χ2v) is 9.08. The van der Waals surface area contributed by atoms with Gasteiger partial charge in [-0.2, -0.15) is 0 Å². The van der Waals surface area contributed by atoms with Gasteiger partial charge in [-0.1, -0.05) is 31.9 Å². The van der Waals surface area contributed by atoms with Crippen molar-refractivity contribution >= 4 is 17.9 Å². The fourth-order valence-electron chi connectivity index (χ4n) is 4.64. The molecule has 0 spiro atoms. The Kier molecular flexibility index (Phi) is 12.4. The molecule has 2 rings (SSSR count). The molecule has 0 aliphatic heterocycles. The largest absolute Gasteiger partial charge is 0.466 e. The van der Waals surface area contributed by atoms with E-state index in [2.05, 4.69) is 22.5 Å². The highest BCUT2D eigenvalue weighted by atomic mass is 16.5. The van der Waals surface area contributed by atoms with E-state index in [1.807, 2.05) is 6.92 Å². The first-order valence-corrected chi connectivity index (χ1v) is 12.5. The summed E-state index contributed by atoms with van der Waals surface area (Å²) in [6.45, 7) is 6.62. The molecule has 3 amide bonds. The smallest absolute Gasteiger partial charge is 0.318 e. The van der Waals surface area contributed by atoms with Crippen LogP contribution in [0.5, 0.6) is 0 Å². The van der Waals surface area contributed by atoms with Crippen LogP contribution in [0.3, 0.4) is 0 Å². The van der Waals surface area contributed by atoms with E-state index in [1.165, 1.54) is 38.3 Å². The molecule has 184 valence electrons. The molecule has 0 radical (unpaired) electrons. The molecule has 2 fully saturated rings. The average Bonchev–Trinajstić information content (AvgIpc) is 2.82. The molecule has 2 aliphatic carbocycles. The predicted molar refractivity (Wildman–Crippen MR) is 130 cm³/mol. The maximum Gasteiger partial charge on any atom is 0.318 e. The third-order valence-corrected chi connectivity index (χ3v) is 6.56. The number of esters is 1. The van der Waals surface area contributed by atoms with E-state index in [4.69, 9.17) is 4.74 Å². The monoisotopic (exact) mass is 459 g/mol. The first kappa shape index (κ1) is 26.7. The summed E-state index contributed by atoms with van der Waals surface area (Å²) in [5, 5.41) is 8.68. The van der Waals surface area contributed by atoms with Crippen molar-refractivity contribution in [2.24, 2.45) is 11.8 Å². The molecule has 2 saturated carbocycles. The summed E-state index contributed by atoms with van der Waals surface area (Å²) in [6.07, 6.45) is 17.5. The summed E-state index contributed by atoms with van der Waals surface area (Å²) >= 11 is 0. The lowest BCUT2D eigenvalue weighted by molar-refractivity contribution is -0.143. The number of allylic oxidation sites excluding steroid dienone is 2. The molecule has 0 aromatic carbocycles. The topological polar surface area (TPSA) is 96.5 Å². The summed E-state index contributed by atoms with van der Waals surface area (Å²) < 4.78 is 5.00. The van der Waals surface area contributed by atoms with Crippen LogP contribution in [0.2, 0.25) is 0 Å². The van der Waals surface area contributed by atoms with Crippen LogP contribution in [-0.2, 0) is 14.3 Å². The highest BCUT2D eigenvalue weighted by molar-refractivity contribution is 5.96. The zero-order valence-electron chi connectivity index (χ0n) is 20.1. The van der Waals surface area contributed by atoms with E-state index < -0.39 is 0 Å². The van der Waals surface area contributed by atoms with Crippen molar-refractivity contribution in [3.63, 3.8) is 0 Å². The number of amides is 3. The number of nitrogens with one attached hydrogen (secondary N) is 3. The van der Waals surface area contributed by atoms with Gasteiger partial charge < -0.3 is 20.7 Å². The zero-order valence-corrected chi connectivity index (χ0v) is 20.1. The second kappa shape index (κ2) is 15.3. The first-order valence-electron chi connectivity index (χ1n) is 12.5. The number of carbonyl (C=O) groups excluding carboxylic acids is 3. The second-order valence-electron chi connectivity index (χ2n) is 9.08. The van der Waals surface area contributed by atoms with Gasteiger partial charge in [-0.15, -0.1) is 0 Å². The van der Waals surface area contributed by atoms with E-state index in [0.717, 1.165) is 32.1 Å². The SMILES string of the molecule is C=C/C=C(\C=C\NC(=O)NCC1CCCCC1)C(=O)NC1CCC(CCC(=O)OCC)CC1. The maximum atomic E-state index is 12.7. The van der Waals surface area contributed by atoms with Crippen molar-refractivity contribution < 1.29 is 19.1 Å². The molecular weight excluding hydrogens is 418 g/mol. The molecule has 7 heteroatoms. The molecule has 0 saturated heterocycles. The van der Waals surface area contributed by atoms with Gasteiger partial charge in [0.1, 0.15) is 0 Å². The van der Waals surface area contributed by atoms with E-state index in [-0.39, 0.29) is 23.9 Å². The van der Waals surface area contributed by atoms with E-state index in [1.54, 1.807) is 18.2 Å². The first-order chi connectivity index (χ1) is 16.0. The van der Waals surface area contributed by atoms with Crippen molar-refractivity contribution in [2.45, 2.75) is 83.6 Å². The van der Waals surface area contributed by atoms with Gasteiger partial charge in [0.05, 0.1) is 6.61 Å². The molecule has 0 heterocycles. The van der Waals surface area contributed by atoms with Crippen LogP contribution >= 0.6 is 0 Å². The van der Waals surface area contributed by atoms with E-state index >= 15 is 0 Å². The number of rotatable bonds is 11. The van der Waals surface area contributed by atoms with Gasteiger partial charge in [0.2, 0.25) is 0 Å². The molecular formula is C26H41N3O4. The quantitative estimate of drug-likeness (QED) is 0.241. The molecule has 7 nitrogen and oxygen atoms in total. The maximum absolute atomic E-state index is 12.7. The zero-order chi connectivity index (χ0) is 23.9. The Morgan fingerprint density at radius 1 is 1.00 bits per heavy atom. The van der Waals surface area contributed by atoms with Crippen LogP contribution in [0.15, 0.2) is 36.6 Å². The fourth-order valence-corrected chi connectivity index (χ4v) is 4.64. The molecule has 3 N–H and O–H groups in total. The Morgan fingerprint density at radius 2 is 1.73 bits per heavy atom. The summed E-state index contributed by atoms with van der Waals surface area (Å²) in [6, 6.07) is -0.138. The van der Waals surface area contributed by atoms with Gasteiger partial charge in [-0.3, -0.25) is 9.59 Å². The molecule has 0 unspecified atom stereocenters. The molecule has 0 bridgehead atoms. The number of ether oxygens (including phenoxy) is 1. The number of carbonyl (C=O) groups is 3. The summed E-state index contributed by atoms with van der Waals surface area (Å²) in [7, 11) is 0. The molecule has 0 aromatic heterocycles. The van der Waals surface area contributed by atoms with Crippen LogP contribution in [0.1, 0.15) is 77.6 Å². The minimum atomic E-state index is -0.253. The van der Waals surface area contributed by atoms with Crippen LogP contribution in [0.4, 0.5) is 4.79 Å². The lowest BCUT2D eigenvalue weighted by Gasteiger charge is -2.29. The normalized spacial score (nSPS) is 21.9. The Bertz CT molecular complexity index is 702. The Labute approximate surface area is 198 Å². The van der Waals surface area contributed by atoms with Crippen LogP contribution in [0.25, 0.3) is 0 Å². The molecule has 0 atom stereocenters. The average molecular weight is 460 g/mol. The minimum Gasteiger partial charge on any atom is -0.466 e. The van der Waals surface area contributed by atoms with Crippen LogP contribution < -0.4 is 16.0 Å². The highest BCUT2D eigenvalue weighted by Gasteiger charge is 2.23. The fraction of sp³-hybridized carbons (Fsp3) is 0.654. The third-order valence-electron chi connectivity index (χ3n) is 6.56. The number of hydrogen-bond acceptors (Lipinski definition) is 4. The Balaban J connectivity index is 1.70. The van der Waals surface area contributed by atoms with E-state index in [9.17, 15) is 14.4 Å². The Morgan fingerprint density at radius 3 is 2.39 bits per heavy atom. The molecule has 33 heavy (non-hydrogen) atoms. The van der Waals surface area contributed by atoms with Crippen molar-refractivity contribution in [3.8, 4) is 0 Å². The van der Waals surface area contributed by atoms with Crippen molar-refractivity contribution in [2.75, 3.05) is 13.2 Å². The lowest BCUT2D eigenvalue weighted by Crippen LogP contribution is -2.38. The predicted octanol–water partition coefficient (Wildman–Crippen LogP) is 4.51. The Hall–Kier alpha value is -2.57. The minimum absolute atomic E-state index is 0.115. The standard InChI is InChI=1S/C26H41N3O4/c1-3-8-22(17-18-27-26(32)28-19-21-9-6-5-7-10-21)25(31)29-23-14-11-20(12-15-23)13-16-24(30)33-4-2/h3,8,17-18,20-21,23H,1,4-7,9-16,19H2,2H3,(H,29,31)(H2,27,28,32)/b18-17+,22-8+. The summed E-state index contributed by atoms with van der Waals surface area (Å²) in [4.78, 5) is 36.3. The third kappa shape index (κ3) is 10.7.